The highest BCUT2D eigenvalue weighted by molar-refractivity contribution is 5.02. The van der Waals surface area contributed by atoms with Crippen LogP contribution in [0.15, 0.2) is 0 Å². The first kappa shape index (κ1) is 14.9. The van der Waals surface area contributed by atoms with Crippen LogP contribution in [0, 0.1) is 0 Å². The fourth-order valence-electron chi connectivity index (χ4n) is 2.71. The molecule has 1 heterocycles. The van der Waals surface area contributed by atoms with E-state index in [4.69, 9.17) is 0 Å². The SMILES string of the molecule is CCC(O)CCC1(CO)CCC(C)(CC)N1O. The molecule has 3 atom stereocenters. The molecule has 0 saturated carbocycles. The summed E-state index contributed by atoms with van der Waals surface area (Å²) in [5, 5.41) is 30.9. The maximum atomic E-state index is 10.3. The lowest BCUT2D eigenvalue weighted by atomic mass is 9.90. The summed E-state index contributed by atoms with van der Waals surface area (Å²) < 4.78 is 0. The monoisotopic (exact) mass is 245 g/mol. The van der Waals surface area contributed by atoms with E-state index in [0.29, 0.717) is 12.8 Å². The second-order valence-corrected chi connectivity index (χ2v) is 5.65. The molecule has 0 bridgehead atoms. The highest BCUT2D eigenvalue weighted by Crippen LogP contribution is 2.43. The van der Waals surface area contributed by atoms with Crippen LogP contribution in [0.5, 0.6) is 0 Å². The minimum atomic E-state index is -0.555. The summed E-state index contributed by atoms with van der Waals surface area (Å²) in [7, 11) is 0. The molecule has 1 aliphatic heterocycles. The Kier molecular flexibility index (Phi) is 4.95. The summed E-state index contributed by atoms with van der Waals surface area (Å²) in [5.41, 5.74) is -0.791. The first-order valence-corrected chi connectivity index (χ1v) is 6.72. The van der Waals surface area contributed by atoms with Crippen LogP contribution >= 0.6 is 0 Å². The summed E-state index contributed by atoms with van der Waals surface area (Å²) in [6.07, 6.45) is 4.21. The number of nitrogens with zero attached hydrogens (tertiary/aromatic N) is 1. The molecule has 4 nitrogen and oxygen atoms in total. The van der Waals surface area contributed by atoms with Crippen LogP contribution in [-0.4, -0.2) is 44.3 Å². The maximum Gasteiger partial charge on any atom is 0.0698 e. The van der Waals surface area contributed by atoms with Gasteiger partial charge in [0.05, 0.1) is 18.2 Å². The third-order valence-electron chi connectivity index (χ3n) is 4.56. The van der Waals surface area contributed by atoms with Crippen molar-refractivity contribution in [2.75, 3.05) is 6.61 Å². The molecule has 0 aromatic rings. The second kappa shape index (κ2) is 5.65. The first-order chi connectivity index (χ1) is 7.94. The van der Waals surface area contributed by atoms with Crippen LogP contribution < -0.4 is 0 Å². The molecule has 102 valence electrons. The summed E-state index contributed by atoms with van der Waals surface area (Å²) in [6, 6.07) is 0. The summed E-state index contributed by atoms with van der Waals surface area (Å²) in [6.45, 7) is 5.98. The van der Waals surface area contributed by atoms with Gasteiger partial charge in [-0.15, -0.1) is 0 Å². The Morgan fingerprint density at radius 2 is 1.94 bits per heavy atom. The Labute approximate surface area is 104 Å². The third-order valence-corrected chi connectivity index (χ3v) is 4.56. The summed E-state index contributed by atoms with van der Waals surface area (Å²) in [5.74, 6) is 0. The average molecular weight is 245 g/mol. The number of aliphatic hydroxyl groups excluding tert-OH is 2. The molecule has 0 aromatic carbocycles. The molecule has 4 heteroatoms. The molecule has 0 amide bonds. The fourth-order valence-corrected chi connectivity index (χ4v) is 2.71. The number of hydrogen-bond acceptors (Lipinski definition) is 4. The van der Waals surface area contributed by atoms with Crippen molar-refractivity contribution in [1.82, 2.24) is 5.06 Å². The molecular formula is C13H27NO3. The highest BCUT2D eigenvalue weighted by Gasteiger charge is 2.51. The molecule has 1 saturated heterocycles. The lowest BCUT2D eigenvalue weighted by molar-refractivity contribution is -0.220. The Bertz CT molecular complexity index is 249. The highest BCUT2D eigenvalue weighted by atomic mass is 16.5. The van der Waals surface area contributed by atoms with Gasteiger partial charge in [-0.25, -0.2) is 0 Å². The molecule has 0 radical (unpaired) electrons. The van der Waals surface area contributed by atoms with Crippen molar-refractivity contribution >= 4 is 0 Å². The van der Waals surface area contributed by atoms with Gasteiger partial charge in [0, 0.05) is 5.54 Å². The molecule has 1 aliphatic rings. The van der Waals surface area contributed by atoms with E-state index >= 15 is 0 Å². The van der Waals surface area contributed by atoms with Gasteiger partial charge in [-0.1, -0.05) is 13.8 Å². The van der Waals surface area contributed by atoms with E-state index in [0.717, 1.165) is 25.7 Å². The van der Waals surface area contributed by atoms with Crippen LogP contribution in [-0.2, 0) is 0 Å². The summed E-state index contributed by atoms with van der Waals surface area (Å²) >= 11 is 0. The number of hydroxylamine groups is 2. The van der Waals surface area contributed by atoms with Gasteiger partial charge in [-0.3, -0.25) is 0 Å². The lowest BCUT2D eigenvalue weighted by Gasteiger charge is -2.40. The van der Waals surface area contributed by atoms with Crippen LogP contribution in [0.2, 0.25) is 0 Å². The minimum Gasteiger partial charge on any atom is -0.394 e. The van der Waals surface area contributed by atoms with E-state index < -0.39 is 5.54 Å². The topological polar surface area (TPSA) is 63.9 Å². The van der Waals surface area contributed by atoms with E-state index in [1.807, 2.05) is 13.8 Å². The van der Waals surface area contributed by atoms with Gasteiger partial charge in [0.15, 0.2) is 0 Å². The van der Waals surface area contributed by atoms with Gasteiger partial charge in [0.1, 0.15) is 0 Å². The van der Waals surface area contributed by atoms with Crippen LogP contribution in [0.1, 0.15) is 59.3 Å². The smallest absolute Gasteiger partial charge is 0.0698 e. The molecule has 3 unspecified atom stereocenters. The maximum absolute atomic E-state index is 10.3. The second-order valence-electron chi connectivity index (χ2n) is 5.65. The van der Waals surface area contributed by atoms with Crippen molar-refractivity contribution in [3.05, 3.63) is 0 Å². The number of hydrogen-bond donors (Lipinski definition) is 3. The zero-order chi connectivity index (χ0) is 13.1. The molecule has 17 heavy (non-hydrogen) atoms. The number of rotatable bonds is 6. The predicted molar refractivity (Wildman–Crippen MR) is 66.9 cm³/mol. The third kappa shape index (κ3) is 2.81. The molecule has 1 fully saturated rings. The van der Waals surface area contributed by atoms with E-state index in [-0.39, 0.29) is 18.2 Å². The molecular weight excluding hydrogens is 218 g/mol. The van der Waals surface area contributed by atoms with Crippen molar-refractivity contribution < 1.29 is 15.4 Å². The van der Waals surface area contributed by atoms with Crippen molar-refractivity contribution in [3.8, 4) is 0 Å². The summed E-state index contributed by atoms with van der Waals surface area (Å²) in [4.78, 5) is 0. The quantitative estimate of drug-likeness (QED) is 0.669. The van der Waals surface area contributed by atoms with Gasteiger partial charge in [-0.05, 0) is 45.4 Å². The van der Waals surface area contributed by atoms with Crippen molar-refractivity contribution in [3.63, 3.8) is 0 Å². The van der Waals surface area contributed by atoms with Crippen LogP contribution in [0.3, 0.4) is 0 Å². The van der Waals surface area contributed by atoms with Crippen LogP contribution in [0.4, 0.5) is 0 Å². The standard InChI is InChI=1S/C13H27NO3/c1-4-11(16)6-7-13(10-15)9-8-12(3,5-2)14(13)17/h11,15-17H,4-10H2,1-3H3. The lowest BCUT2D eigenvalue weighted by Crippen LogP contribution is -2.53. The molecule has 0 aromatic heterocycles. The number of aliphatic hydroxyl groups is 2. The molecule has 3 N–H and O–H groups in total. The van der Waals surface area contributed by atoms with Gasteiger partial charge in [0.2, 0.25) is 0 Å². The zero-order valence-electron chi connectivity index (χ0n) is 11.3. The van der Waals surface area contributed by atoms with E-state index in [1.165, 1.54) is 5.06 Å². The Balaban J connectivity index is 2.70. The van der Waals surface area contributed by atoms with Crippen molar-refractivity contribution in [2.24, 2.45) is 0 Å². The minimum absolute atomic E-state index is 0.0461. The normalized spacial score (nSPS) is 36.4. The van der Waals surface area contributed by atoms with Gasteiger partial charge >= 0.3 is 0 Å². The van der Waals surface area contributed by atoms with Gasteiger partial charge in [-0.2, -0.15) is 5.06 Å². The molecule has 0 aliphatic carbocycles. The largest absolute Gasteiger partial charge is 0.394 e. The zero-order valence-corrected chi connectivity index (χ0v) is 11.3. The predicted octanol–water partition coefficient (Wildman–Crippen LogP) is 1.92. The Hall–Kier alpha value is -0.160. The van der Waals surface area contributed by atoms with Gasteiger partial charge in [0.25, 0.3) is 0 Å². The average Bonchev–Trinajstić information content (AvgIpc) is 2.62. The molecule has 0 spiro atoms. The van der Waals surface area contributed by atoms with Crippen molar-refractivity contribution in [1.29, 1.82) is 0 Å². The van der Waals surface area contributed by atoms with E-state index in [9.17, 15) is 15.4 Å². The van der Waals surface area contributed by atoms with E-state index in [2.05, 4.69) is 6.92 Å². The van der Waals surface area contributed by atoms with Gasteiger partial charge < -0.3 is 15.4 Å². The Morgan fingerprint density at radius 1 is 1.29 bits per heavy atom. The Morgan fingerprint density at radius 3 is 2.35 bits per heavy atom. The fraction of sp³-hybridized carbons (Fsp3) is 1.00. The van der Waals surface area contributed by atoms with E-state index in [1.54, 1.807) is 0 Å². The van der Waals surface area contributed by atoms with Crippen LogP contribution in [0.25, 0.3) is 0 Å². The first-order valence-electron chi connectivity index (χ1n) is 6.72. The van der Waals surface area contributed by atoms with Crippen molar-refractivity contribution in [2.45, 2.75) is 76.5 Å². The molecule has 1 rings (SSSR count).